The molecule has 1 aromatic carbocycles. The van der Waals surface area contributed by atoms with Gasteiger partial charge < -0.3 is 9.64 Å². The van der Waals surface area contributed by atoms with E-state index in [9.17, 15) is 4.79 Å². The zero-order chi connectivity index (χ0) is 16.7. The molecular formula is C17H25ClN2O2S. The predicted octanol–water partition coefficient (Wildman–Crippen LogP) is 3.14. The summed E-state index contributed by atoms with van der Waals surface area (Å²) in [6.45, 7) is 6.32. The molecule has 0 bridgehead atoms. The Morgan fingerprint density at radius 3 is 2.70 bits per heavy atom. The largest absolute Gasteiger partial charge is 0.496 e. The molecule has 1 saturated heterocycles. The average Bonchev–Trinajstić information content (AvgIpc) is 2.56. The maximum atomic E-state index is 12.1. The summed E-state index contributed by atoms with van der Waals surface area (Å²) >= 11 is 7.91. The molecule has 0 unspecified atom stereocenters. The van der Waals surface area contributed by atoms with E-state index in [2.05, 4.69) is 11.8 Å². The Hall–Kier alpha value is -0.910. The minimum absolute atomic E-state index is 0.283. The second-order valence-electron chi connectivity index (χ2n) is 5.56. The van der Waals surface area contributed by atoms with Crippen molar-refractivity contribution in [3.63, 3.8) is 0 Å². The normalized spacial score (nSPS) is 15.7. The van der Waals surface area contributed by atoms with Gasteiger partial charge in [-0.25, -0.2) is 0 Å². The summed E-state index contributed by atoms with van der Waals surface area (Å²) in [4.78, 5) is 16.5. The Bertz CT molecular complexity index is 519. The Morgan fingerprint density at radius 1 is 1.30 bits per heavy atom. The lowest BCUT2D eigenvalue weighted by atomic mass is 10.1. The van der Waals surface area contributed by atoms with Crippen molar-refractivity contribution in [3.05, 3.63) is 28.8 Å². The van der Waals surface area contributed by atoms with Gasteiger partial charge in [-0.05, 0) is 24.0 Å². The van der Waals surface area contributed by atoms with Crippen LogP contribution in [0.5, 0.6) is 5.75 Å². The number of carbonyl (C=O) groups excluding carboxylic acids is 1. The van der Waals surface area contributed by atoms with Crippen LogP contribution >= 0.6 is 23.4 Å². The summed E-state index contributed by atoms with van der Waals surface area (Å²) < 4.78 is 5.40. The third-order valence-electron chi connectivity index (χ3n) is 4.03. The van der Waals surface area contributed by atoms with E-state index in [1.165, 1.54) is 0 Å². The number of halogens is 1. The molecule has 0 radical (unpaired) electrons. The highest BCUT2D eigenvalue weighted by Gasteiger charge is 2.21. The Labute approximate surface area is 148 Å². The molecule has 1 aromatic rings. The second kappa shape index (κ2) is 9.40. The van der Waals surface area contributed by atoms with Crippen molar-refractivity contribution >= 4 is 29.3 Å². The van der Waals surface area contributed by atoms with Crippen molar-refractivity contribution < 1.29 is 9.53 Å². The zero-order valence-electron chi connectivity index (χ0n) is 13.9. The van der Waals surface area contributed by atoms with Crippen LogP contribution in [0.25, 0.3) is 0 Å². The van der Waals surface area contributed by atoms with Crippen LogP contribution in [0.4, 0.5) is 0 Å². The highest BCUT2D eigenvalue weighted by molar-refractivity contribution is 7.99. The zero-order valence-corrected chi connectivity index (χ0v) is 15.5. The summed E-state index contributed by atoms with van der Waals surface area (Å²) in [5.41, 5.74) is 1.10. The molecular weight excluding hydrogens is 332 g/mol. The Balaban J connectivity index is 1.83. The number of thioether (sulfide) groups is 1. The van der Waals surface area contributed by atoms with E-state index in [0.29, 0.717) is 6.42 Å². The number of hydrogen-bond donors (Lipinski definition) is 0. The van der Waals surface area contributed by atoms with E-state index in [1.807, 2.05) is 34.9 Å². The topological polar surface area (TPSA) is 32.8 Å². The van der Waals surface area contributed by atoms with Gasteiger partial charge in [-0.1, -0.05) is 18.5 Å². The minimum atomic E-state index is 0.283. The molecule has 0 atom stereocenters. The van der Waals surface area contributed by atoms with Crippen LogP contribution in [-0.2, 0) is 11.3 Å². The number of benzene rings is 1. The number of amides is 1. The molecule has 0 aromatic heterocycles. The third-order valence-corrected chi connectivity index (χ3v) is 5.16. The van der Waals surface area contributed by atoms with Gasteiger partial charge in [0.05, 0.1) is 7.11 Å². The molecule has 23 heavy (non-hydrogen) atoms. The quantitative estimate of drug-likeness (QED) is 0.703. The maximum absolute atomic E-state index is 12.1. The van der Waals surface area contributed by atoms with E-state index in [-0.39, 0.29) is 5.91 Å². The minimum Gasteiger partial charge on any atom is -0.496 e. The highest BCUT2D eigenvalue weighted by atomic mass is 35.5. The average molecular weight is 357 g/mol. The van der Waals surface area contributed by atoms with Gasteiger partial charge in [-0.3, -0.25) is 9.69 Å². The summed E-state index contributed by atoms with van der Waals surface area (Å²) in [6, 6.07) is 5.71. The van der Waals surface area contributed by atoms with Gasteiger partial charge in [0.2, 0.25) is 5.91 Å². The summed E-state index contributed by atoms with van der Waals surface area (Å²) in [7, 11) is 1.68. The van der Waals surface area contributed by atoms with Crippen molar-refractivity contribution in [1.82, 2.24) is 9.80 Å². The van der Waals surface area contributed by atoms with Crippen LogP contribution in [0.3, 0.4) is 0 Å². The Morgan fingerprint density at radius 2 is 2.04 bits per heavy atom. The van der Waals surface area contributed by atoms with Gasteiger partial charge in [0.15, 0.2) is 0 Å². The van der Waals surface area contributed by atoms with Crippen molar-refractivity contribution in [1.29, 1.82) is 0 Å². The summed E-state index contributed by atoms with van der Waals surface area (Å²) in [5, 5.41) is 0.725. The first-order chi connectivity index (χ1) is 11.1. The van der Waals surface area contributed by atoms with E-state index in [0.717, 1.165) is 60.6 Å². The number of rotatable bonds is 7. The summed E-state index contributed by atoms with van der Waals surface area (Å²) in [5.74, 6) is 3.15. The van der Waals surface area contributed by atoms with Crippen molar-refractivity contribution in [2.75, 3.05) is 44.8 Å². The second-order valence-corrected chi connectivity index (χ2v) is 7.39. The first kappa shape index (κ1) is 18.4. The molecule has 6 heteroatoms. The lowest BCUT2D eigenvalue weighted by molar-refractivity contribution is -0.132. The highest BCUT2D eigenvalue weighted by Crippen LogP contribution is 2.24. The SMILES string of the molecule is CCSCCC(=O)N1CCN(Cc2cc(Cl)ccc2OC)CC1. The van der Waals surface area contributed by atoms with Crippen LogP contribution in [-0.4, -0.2) is 60.5 Å². The van der Waals surface area contributed by atoms with Crippen molar-refractivity contribution in [2.45, 2.75) is 19.9 Å². The van der Waals surface area contributed by atoms with Gasteiger partial charge in [0.25, 0.3) is 0 Å². The van der Waals surface area contributed by atoms with E-state index in [1.54, 1.807) is 7.11 Å². The van der Waals surface area contributed by atoms with E-state index >= 15 is 0 Å². The van der Waals surface area contributed by atoms with Crippen LogP contribution in [0.2, 0.25) is 5.02 Å². The molecule has 4 nitrogen and oxygen atoms in total. The van der Waals surface area contributed by atoms with Gasteiger partial charge >= 0.3 is 0 Å². The first-order valence-corrected chi connectivity index (χ1v) is 9.57. The molecule has 1 fully saturated rings. The molecule has 1 aliphatic rings. The van der Waals surface area contributed by atoms with E-state index < -0.39 is 0 Å². The molecule has 128 valence electrons. The lowest BCUT2D eigenvalue weighted by Crippen LogP contribution is -2.48. The molecule has 0 N–H and O–H groups in total. The number of hydrogen-bond acceptors (Lipinski definition) is 4. The molecule has 1 heterocycles. The Kier molecular flexibility index (Phi) is 7.53. The van der Waals surface area contributed by atoms with Gasteiger partial charge in [0, 0.05) is 55.5 Å². The smallest absolute Gasteiger partial charge is 0.223 e. The van der Waals surface area contributed by atoms with Gasteiger partial charge in [-0.2, -0.15) is 11.8 Å². The predicted molar refractivity (Wildman–Crippen MR) is 97.5 cm³/mol. The van der Waals surface area contributed by atoms with Crippen molar-refractivity contribution in [3.8, 4) is 5.75 Å². The van der Waals surface area contributed by atoms with Crippen LogP contribution in [0.1, 0.15) is 18.9 Å². The molecule has 1 aliphatic heterocycles. The fourth-order valence-electron chi connectivity index (χ4n) is 2.73. The van der Waals surface area contributed by atoms with Gasteiger partial charge in [-0.15, -0.1) is 0 Å². The fourth-order valence-corrected chi connectivity index (χ4v) is 3.53. The maximum Gasteiger partial charge on any atom is 0.223 e. The fraction of sp³-hybridized carbons (Fsp3) is 0.588. The molecule has 2 rings (SSSR count). The number of nitrogens with zero attached hydrogens (tertiary/aromatic N) is 2. The monoisotopic (exact) mass is 356 g/mol. The number of piperazine rings is 1. The van der Waals surface area contributed by atoms with E-state index in [4.69, 9.17) is 16.3 Å². The summed E-state index contributed by atoms with van der Waals surface area (Å²) in [6.07, 6.45) is 0.653. The number of methoxy groups -OCH3 is 1. The van der Waals surface area contributed by atoms with Crippen LogP contribution in [0.15, 0.2) is 18.2 Å². The number of ether oxygens (including phenoxy) is 1. The van der Waals surface area contributed by atoms with Crippen LogP contribution in [0, 0.1) is 0 Å². The van der Waals surface area contributed by atoms with Crippen molar-refractivity contribution in [2.24, 2.45) is 0 Å². The standard InChI is InChI=1S/C17H25ClN2O2S/c1-3-23-11-6-17(21)20-9-7-19(8-10-20)13-14-12-15(18)4-5-16(14)22-2/h4-5,12H,3,6-11,13H2,1-2H3. The third kappa shape index (κ3) is 5.59. The molecule has 0 aliphatic carbocycles. The van der Waals surface area contributed by atoms with Crippen LogP contribution < -0.4 is 4.74 Å². The lowest BCUT2D eigenvalue weighted by Gasteiger charge is -2.35. The van der Waals surface area contributed by atoms with Gasteiger partial charge in [0.1, 0.15) is 5.75 Å². The first-order valence-electron chi connectivity index (χ1n) is 8.04. The number of carbonyl (C=O) groups is 1. The molecule has 0 spiro atoms. The molecule has 1 amide bonds. The molecule has 0 saturated carbocycles.